The van der Waals surface area contributed by atoms with Crippen molar-refractivity contribution in [3.63, 3.8) is 0 Å². The first kappa shape index (κ1) is 15.0. The van der Waals surface area contributed by atoms with E-state index in [9.17, 15) is 9.90 Å². The summed E-state index contributed by atoms with van der Waals surface area (Å²) in [6.07, 6.45) is 2.00. The summed E-state index contributed by atoms with van der Waals surface area (Å²) in [5, 5.41) is 9.57. The van der Waals surface area contributed by atoms with Gasteiger partial charge in [0.05, 0.1) is 12.1 Å². The van der Waals surface area contributed by atoms with Crippen LogP contribution in [0.1, 0.15) is 25.3 Å². The van der Waals surface area contributed by atoms with Gasteiger partial charge < -0.3 is 15.7 Å². The number of amides is 1. The van der Waals surface area contributed by atoms with Gasteiger partial charge in [0.2, 0.25) is 5.91 Å². The van der Waals surface area contributed by atoms with Gasteiger partial charge in [-0.05, 0) is 31.7 Å². The summed E-state index contributed by atoms with van der Waals surface area (Å²) >= 11 is 0. The van der Waals surface area contributed by atoms with Crippen molar-refractivity contribution in [3.05, 3.63) is 35.9 Å². The van der Waals surface area contributed by atoms with E-state index in [1.54, 1.807) is 11.8 Å². The molecule has 20 heavy (non-hydrogen) atoms. The van der Waals surface area contributed by atoms with E-state index >= 15 is 0 Å². The normalized spacial score (nSPS) is 21.8. The largest absolute Gasteiger partial charge is 0.393 e. The van der Waals surface area contributed by atoms with Crippen LogP contribution >= 0.6 is 0 Å². The number of nitrogens with two attached hydrogens (primary N) is 1. The van der Waals surface area contributed by atoms with E-state index in [2.05, 4.69) is 12.1 Å². The van der Waals surface area contributed by atoms with E-state index in [0.29, 0.717) is 19.5 Å². The van der Waals surface area contributed by atoms with E-state index in [0.717, 1.165) is 12.8 Å². The van der Waals surface area contributed by atoms with E-state index < -0.39 is 6.04 Å². The fourth-order valence-electron chi connectivity index (χ4n) is 2.71. The highest BCUT2D eigenvalue weighted by molar-refractivity contribution is 5.81. The van der Waals surface area contributed by atoms with Crippen molar-refractivity contribution in [2.75, 3.05) is 13.1 Å². The van der Waals surface area contributed by atoms with Gasteiger partial charge in [0.15, 0.2) is 0 Å². The number of aliphatic hydroxyl groups excluding tert-OH is 1. The van der Waals surface area contributed by atoms with Crippen LogP contribution in [0.4, 0.5) is 0 Å². The molecule has 0 saturated carbocycles. The number of hydrogen-bond donors (Lipinski definition) is 2. The summed E-state index contributed by atoms with van der Waals surface area (Å²) in [5.41, 5.74) is 7.22. The van der Waals surface area contributed by atoms with Crippen LogP contribution < -0.4 is 5.73 Å². The average molecular weight is 276 g/mol. The summed E-state index contributed by atoms with van der Waals surface area (Å²) in [6, 6.07) is 9.64. The van der Waals surface area contributed by atoms with Gasteiger partial charge >= 0.3 is 0 Å². The zero-order chi connectivity index (χ0) is 14.5. The molecule has 1 heterocycles. The van der Waals surface area contributed by atoms with E-state index in [1.807, 2.05) is 18.2 Å². The molecule has 1 aromatic carbocycles. The van der Waals surface area contributed by atoms with Crippen LogP contribution in [0.15, 0.2) is 30.3 Å². The molecule has 0 aromatic heterocycles. The number of benzene rings is 1. The number of hydrogen-bond acceptors (Lipinski definition) is 3. The second-order valence-electron chi connectivity index (χ2n) is 5.70. The van der Waals surface area contributed by atoms with Crippen LogP contribution in [-0.2, 0) is 11.2 Å². The smallest absolute Gasteiger partial charge is 0.239 e. The Kier molecular flexibility index (Phi) is 5.15. The monoisotopic (exact) mass is 276 g/mol. The summed E-state index contributed by atoms with van der Waals surface area (Å²) in [7, 11) is 0. The average Bonchev–Trinajstić information content (AvgIpc) is 2.95. The molecule has 2 rings (SSSR count). The summed E-state index contributed by atoms with van der Waals surface area (Å²) in [5.74, 6) is 0.212. The molecule has 4 nitrogen and oxygen atoms in total. The van der Waals surface area contributed by atoms with Crippen LogP contribution in [0.3, 0.4) is 0 Å². The molecule has 1 fully saturated rings. The van der Waals surface area contributed by atoms with Crippen LogP contribution in [0, 0.1) is 5.92 Å². The number of aliphatic hydroxyl groups is 1. The Morgan fingerprint density at radius 2 is 2.15 bits per heavy atom. The van der Waals surface area contributed by atoms with Crippen molar-refractivity contribution in [1.82, 2.24) is 4.90 Å². The van der Waals surface area contributed by atoms with E-state index in [-0.39, 0.29) is 17.9 Å². The third kappa shape index (κ3) is 3.81. The second kappa shape index (κ2) is 6.86. The lowest BCUT2D eigenvalue weighted by Crippen LogP contribution is -2.43. The number of nitrogens with zero attached hydrogens (tertiary/aromatic N) is 1. The van der Waals surface area contributed by atoms with Crippen molar-refractivity contribution in [2.45, 2.75) is 38.3 Å². The Labute approximate surface area is 120 Å². The minimum absolute atomic E-state index is 0.0177. The zero-order valence-corrected chi connectivity index (χ0v) is 12.0. The van der Waals surface area contributed by atoms with Gasteiger partial charge in [0.1, 0.15) is 0 Å². The molecule has 110 valence electrons. The van der Waals surface area contributed by atoms with Crippen molar-refractivity contribution >= 4 is 5.91 Å². The SMILES string of the molecule is CC(O)C1CCN(C(=O)[C@@H](N)CCc2ccccc2)C1. The van der Waals surface area contributed by atoms with Crippen molar-refractivity contribution in [3.8, 4) is 0 Å². The number of carbonyl (C=O) groups excluding carboxylic acids is 1. The van der Waals surface area contributed by atoms with Crippen LogP contribution in [0.25, 0.3) is 0 Å². The van der Waals surface area contributed by atoms with Gasteiger partial charge in [-0.2, -0.15) is 0 Å². The predicted octanol–water partition coefficient (Wildman–Crippen LogP) is 1.18. The van der Waals surface area contributed by atoms with Gasteiger partial charge in [-0.1, -0.05) is 30.3 Å². The van der Waals surface area contributed by atoms with Gasteiger partial charge in [0.25, 0.3) is 0 Å². The van der Waals surface area contributed by atoms with Crippen LogP contribution in [0.5, 0.6) is 0 Å². The van der Waals surface area contributed by atoms with Gasteiger partial charge in [-0.3, -0.25) is 4.79 Å². The van der Waals surface area contributed by atoms with E-state index in [4.69, 9.17) is 5.73 Å². The van der Waals surface area contributed by atoms with Crippen LogP contribution in [0.2, 0.25) is 0 Å². The molecule has 1 amide bonds. The fourth-order valence-corrected chi connectivity index (χ4v) is 2.71. The number of carbonyl (C=O) groups is 1. The molecule has 0 aliphatic carbocycles. The molecule has 3 atom stereocenters. The molecule has 0 spiro atoms. The standard InChI is InChI=1S/C16H24N2O2/c1-12(19)14-9-10-18(11-14)16(20)15(17)8-7-13-5-3-2-4-6-13/h2-6,12,14-15,19H,7-11,17H2,1H3/t12?,14?,15-/m0/s1. The lowest BCUT2D eigenvalue weighted by molar-refractivity contribution is -0.131. The Morgan fingerprint density at radius 1 is 1.45 bits per heavy atom. The second-order valence-corrected chi connectivity index (χ2v) is 5.70. The molecule has 4 heteroatoms. The first-order valence-electron chi connectivity index (χ1n) is 7.34. The number of likely N-dealkylation sites (tertiary alicyclic amines) is 1. The van der Waals surface area contributed by atoms with Crippen molar-refractivity contribution in [1.29, 1.82) is 0 Å². The van der Waals surface area contributed by atoms with Gasteiger partial charge in [-0.15, -0.1) is 0 Å². The number of rotatable bonds is 5. The van der Waals surface area contributed by atoms with Crippen molar-refractivity contribution < 1.29 is 9.90 Å². The predicted molar refractivity (Wildman–Crippen MR) is 79.1 cm³/mol. The highest BCUT2D eigenvalue weighted by atomic mass is 16.3. The summed E-state index contributed by atoms with van der Waals surface area (Å²) in [6.45, 7) is 3.14. The molecular weight excluding hydrogens is 252 g/mol. The fraction of sp³-hybridized carbons (Fsp3) is 0.562. The maximum atomic E-state index is 12.3. The topological polar surface area (TPSA) is 66.6 Å². The molecule has 1 aliphatic heterocycles. The molecule has 0 bridgehead atoms. The highest BCUT2D eigenvalue weighted by Gasteiger charge is 2.31. The summed E-state index contributed by atoms with van der Waals surface area (Å²) in [4.78, 5) is 14.1. The summed E-state index contributed by atoms with van der Waals surface area (Å²) < 4.78 is 0. The quantitative estimate of drug-likeness (QED) is 0.848. The molecular formula is C16H24N2O2. The molecule has 0 radical (unpaired) electrons. The van der Waals surface area contributed by atoms with Gasteiger partial charge in [-0.25, -0.2) is 0 Å². The molecule has 3 N–H and O–H groups in total. The highest BCUT2D eigenvalue weighted by Crippen LogP contribution is 2.20. The van der Waals surface area contributed by atoms with Gasteiger partial charge in [0, 0.05) is 19.0 Å². The third-order valence-electron chi connectivity index (χ3n) is 4.12. The molecule has 1 aromatic rings. The molecule has 2 unspecified atom stereocenters. The maximum absolute atomic E-state index is 12.3. The maximum Gasteiger partial charge on any atom is 0.239 e. The third-order valence-corrected chi connectivity index (χ3v) is 4.12. The molecule has 1 aliphatic rings. The minimum Gasteiger partial charge on any atom is -0.393 e. The van der Waals surface area contributed by atoms with Crippen molar-refractivity contribution in [2.24, 2.45) is 11.7 Å². The van der Waals surface area contributed by atoms with E-state index in [1.165, 1.54) is 5.56 Å². The lowest BCUT2D eigenvalue weighted by Gasteiger charge is -2.21. The Bertz CT molecular complexity index is 433. The zero-order valence-electron chi connectivity index (χ0n) is 12.0. The first-order chi connectivity index (χ1) is 9.58. The Balaban J connectivity index is 1.81. The minimum atomic E-state index is -0.442. The number of aryl methyl sites for hydroxylation is 1. The Hall–Kier alpha value is -1.39. The molecule has 1 saturated heterocycles. The lowest BCUT2D eigenvalue weighted by atomic mass is 10.0. The van der Waals surface area contributed by atoms with Crippen LogP contribution in [-0.4, -0.2) is 41.1 Å². The Morgan fingerprint density at radius 3 is 2.75 bits per heavy atom. The first-order valence-corrected chi connectivity index (χ1v) is 7.34.